The first-order chi connectivity index (χ1) is 10.9. The lowest BCUT2D eigenvalue weighted by atomic mass is 10.1. The molecule has 10 heteroatoms. The quantitative estimate of drug-likeness (QED) is 0.642. The van der Waals surface area contributed by atoms with Crippen LogP contribution >= 0.6 is 12.2 Å². The lowest BCUT2D eigenvalue weighted by molar-refractivity contribution is -0.300. The number of aliphatic hydroxyl groups excluding tert-OH is 1. The van der Waals surface area contributed by atoms with Crippen LogP contribution in [0.4, 0.5) is 5.95 Å². The highest BCUT2D eigenvalue weighted by Crippen LogP contribution is 2.38. The average molecular weight is 339 g/mol. The summed E-state index contributed by atoms with van der Waals surface area (Å²) in [6.07, 6.45) is -0.863. The lowest BCUT2D eigenvalue weighted by Gasteiger charge is -2.37. The number of fused-ring (bicyclic) bond motifs is 2. The third-order valence-corrected chi connectivity index (χ3v) is 4.35. The molecule has 2 aliphatic heterocycles. The molecular weight excluding hydrogens is 322 g/mol. The molecule has 2 saturated heterocycles. The van der Waals surface area contributed by atoms with Crippen LogP contribution in [-0.2, 0) is 14.2 Å². The molecule has 23 heavy (non-hydrogen) atoms. The molecule has 0 aromatic carbocycles. The third-order valence-electron chi connectivity index (χ3n) is 4.06. The van der Waals surface area contributed by atoms with E-state index in [-0.39, 0.29) is 12.1 Å². The Bertz CT molecular complexity index is 818. The Morgan fingerprint density at radius 2 is 2.30 bits per heavy atom. The molecule has 2 aromatic rings. The van der Waals surface area contributed by atoms with E-state index in [1.165, 1.54) is 6.33 Å². The molecule has 124 valence electrons. The number of ether oxygens (including phenoxy) is 3. The van der Waals surface area contributed by atoms with E-state index in [9.17, 15) is 5.11 Å². The van der Waals surface area contributed by atoms with Gasteiger partial charge in [0.25, 0.3) is 0 Å². The van der Waals surface area contributed by atoms with Crippen molar-refractivity contribution < 1.29 is 19.3 Å². The Morgan fingerprint density at radius 3 is 3.09 bits per heavy atom. The van der Waals surface area contributed by atoms with Crippen LogP contribution in [0.15, 0.2) is 6.33 Å². The molecule has 4 unspecified atom stereocenters. The molecule has 4 N–H and O–H groups in total. The lowest BCUT2D eigenvalue weighted by Crippen LogP contribution is -2.50. The van der Waals surface area contributed by atoms with Gasteiger partial charge in [-0.25, -0.2) is 9.97 Å². The van der Waals surface area contributed by atoms with Gasteiger partial charge in [-0.1, -0.05) is 12.2 Å². The van der Waals surface area contributed by atoms with E-state index in [1.54, 1.807) is 18.4 Å². The summed E-state index contributed by atoms with van der Waals surface area (Å²) in [5.74, 6) is -0.582. The second-order valence-corrected chi connectivity index (χ2v) is 6.51. The first-order valence-corrected chi connectivity index (χ1v) is 7.64. The van der Waals surface area contributed by atoms with Gasteiger partial charge in [0.05, 0.1) is 12.9 Å². The first kappa shape index (κ1) is 15.0. The van der Waals surface area contributed by atoms with E-state index < -0.39 is 24.2 Å². The number of imidazole rings is 1. The Hall–Kier alpha value is -1.59. The maximum absolute atomic E-state index is 10.6. The monoisotopic (exact) mass is 339 g/mol. The molecule has 0 aliphatic carbocycles. The van der Waals surface area contributed by atoms with Gasteiger partial charge in [0.2, 0.25) is 0 Å². The zero-order valence-corrected chi connectivity index (χ0v) is 13.4. The van der Waals surface area contributed by atoms with Gasteiger partial charge in [0.15, 0.2) is 22.6 Å². The minimum absolute atomic E-state index is 0.176. The largest absolute Gasteiger partial charge is 0.386 e. The summed E-state index contributed by atoms with van der Waals surface area (Å²) < 4.78 is 19.2. The third kappa shape index (κ3) is 2.34. The number of anilines is 1. The minimum atomic E-state index is -0.878. The van der Waals surface area contributed by atoms with Crippen LogP contribution in [-0.4, -0.2) is 55.3 Å². The number of nitrogens with zero attached hydrogens (tertiary/aromatic N) is 3. The van der Waals surface area contributed by atoms with Gasteiger partial charge in [0.1, 0.15) is 29.5 Å². The Morgan fingerprint density at radius 1 is 1.52 bits per heavy atom. The van der Waals surface area contributed by atoms with Gasteiger partial charge in [-0.05, 0) is 13.8 Å². The van der Waals surface area contributed by atoms with Gasteiger partial charge in [0, 0.05) is 0 Å². The molecule has 4 atom stereocenters. The predicted molar refractivity (Wildman–Crippen MR) is 81.9 cm³/mol. The number of hydrogen-bond donors (Lipinski definition) is 3. The van der Waals surface area contributed by atoms with Crippen molar-refractivity contribution in [3.8, 4) is 0 Å². The molecule has 0 radical (unpaired) electrons. The molecule has 2 fully saturated rings. The summed E-state index contributed by atoms with van der Waals surface area (Å²) in [6.45, 7) is 3.95. The van der Waals surface area contributed by atoms with E-state index in [2.05, 4.69) is 15.0 Å². The molecule has 0 spiro atoms. The van der Waals surface area contributed by atoms with Crippen molar-refractivity contribution in [2.45, 2.75) is 44.2 Å². The first-order valence-electron chi connectivity index (χ1n) is 7.23. The summed E-state index contributed by atoms with van der Waals surface area (Å²) in [5, 5.41) is 10.6. The van der Waals surface area contributed by atoms with Crippen molar-refractivity contribution in [1.82, 2.24) is 19.5 Å². The minimum Gasteiger partial charge on any atom is -0.386 e. The van der Waals surface area contributed by atoms with Crippen LogP contribution in [0.1, 0.15) is 20.1 Å². The highest BCUT2D eigenvalue weighted by atomic mass is 32.1. The summed E-state index contributed by atoms with van der Waals surface area (Å²) in [5.41, 5.74) is 6.76. The Balaban J connectivity index is 1.73. The molecule has 0 amide bonds. The van der Waals surface area contributed by atoms with E-state index in [4.69, 9.17) is 32.2 Å². The van der Waals surface area contributed by atoms with Gasteiger partial charge in [-0.15, -0.1) is 0 Å². The zero-order valence-electron chi connectivity index (χ0n) is 12.6. The van der Waals surface area contributed by atoms with Crippen molar-refractivity contribution in [1.29, 1.82) is 0 Å². The van der Waals surface area contributed by atoms with Crippen LogP contribution in [0.5, 0.6) is 0 Å². The number of hydrogen-bond acceptors (Lipinski definition) is 8. The predicted octanol–water partition coefficient (Wildman–Crippen LogP) is 0.481. The summed E-state index contributed by atoms with van der Waals surface area (Å²) >= 11 is 5.16. The van der Waals surface area contributed by atoms with Gasteiger partial charge in [-0.3, -0.25) is 4.57 Å². The van der Waals surface area contributed by atoms with E-state index in [0.29, 0.717) is 22.4 Å². The van der Waals surface area contributed by atoms with Crippen molar-refractivity contribution in [2.24, 2.45) is 0 Å². The number of aromatic nitrogens is 4. The molecule has 2 aliphatic rings. The highest BCUT2D eigenvalue weighted by Gasteiger charge is 2.51. The van der Waals surface area contributed by atoms with E-state index in [0.717, 1.165) is 0 Å². The van der Waals surface area contributed by atoms with Crippen LogP contribution in [0.25, 0.3) is 11.2 Å². The molecular formula is C13H17N5O4S. The van der Waals surface area contributed by atoms with Crippen LogP contribution in [0, 0.1) is 4.64 Å². The number of aromatic amines is 1. The van der Waals surface area contributed by atoms with Gasteiger partial charge in [-0.2, -0.15) is 0 Å². The van der Waals surface area contributed by atoms with Gasteiger partial charge < -0.3 is 30.0 Å². The highest BCUT2D eigenvalue weighted by molar-refractivity contribution is 7.71. The maximum atomic E-state index is 10.6. The van der Waals surface area contributed by atoms with Crippen molar-refractivity contribution in [3.63, 3.8) is 0 Å². The van der Waals surface area contributed by atoms with Crippen molar-refractivity contribution in [3.05, 3.63) is 11.0 Å². The summed E-state index contributed by atoms with van der Waals surface area (Å²) in [4.78, 5) is 11.1. The zero-order chi connectivity index (χ0) is 16.4. The molecule has 0 bridgehead atoms. The molecule has 9 nitrogen and oxygen atoms in total. The Kier molecular flexibility index (Phi) is 3.22. The average Bonchev–Trinajstić information content (AvgIpc) is 3.00. The molecule has 4 rings (SSSR count). The second kappa shape index (κ2) is 4.95. The topological polar surface area (TPSA) is 120 Å². The molecule has 0 saturated carbocycles. The SMILES string of the molecule is CC1(C)OCC2OC(n3cnc4c(=S)nc(N)[nH]c43)C(O)C2O1. The number of nitrogens with two attached hydrogens (primary N) is 1. The fourth-order valence-electron chi connectivity index (χ4n) is 3.02. The summed E-state index contributed by atoms with van der Waals surface area (Å²) in [7, 11) is 0. The summed E-state index contributed by atoms with van der Waals surface area (Å²) in [6, 6.07) is 0. The molecule has 2 aromatic heterocycles. The van der Waals surface area contributed by atoms with E-state index >= 15 is 0 Å². The fraction of sp³-hybridized carbons (Fsp3) is 0.615. The fourth-order valence-corrected chi connectivity index (χ4v) is 3.27. The standard InChI is InChI=1S/C13H17N5O4S/c1-13(2)20-3-5-8(22-13)7(19)11(21-5)18-4-15-6-9(18)16-12(14)17-10(6)23/h4-5,7-8,11,19H,3H2,1-2H3,(H3,14,16,17,23). The van der Waals surface area contributed by atoms with Crippen LogP contribution < -0.4 is 5.73 Å². The Labute approximate surface area is 136 Å². The van der Waals surface area contributed by atoms with Crippen molar-refractivity contribution in [2.75, 3.05) is 12.3 Å². The normalized spacial score (nSPS) is 33.0. The second-order valence-electron chi connectivity index (χ2n) is 6.13. The molecule has 4 heterocycles. The number of nitrogen functional groups attached to an aromatic ring is 1. The number of rotatable bonds is 1. The van der Waals surface area contributed by atoms with Gasteiger partial charge >= 0.3 is 0 Å². The van der Waals surface area contributed by atoms with Crippen LogP contribution in [0.3, 0.4) is 0 Å². The smallest absolute Gasteiger partial charge is 0.200 e. The van der Waals surface area contributed by atoms with Crippen LogP contribution in [0.2, 0.25) is 0 Å². The number of aliphatic hydroxyl groups is 1. The maximum Gasteiger partial charge on any atom is 0.200 e. The van der Waals surface area contributed by atoms with E-state index in [1.807, 2.05) is 0 Å². The van der Waals surface area contributed by atoms with Crippen molar-refractivity contribution >= 4 is 29.3 Å². The number of nitrogens with one attached hydrogen (secondary N) is 1. The number of H-pyrrole nitrogens is 1.